The Morgan fingerprint density at radius 2 is 2.50 bits per heavy atom. The molecule has 1 unspecified atom stereocenters. The van der Waals surface area contributed by atoms with Gasteiger partial charge in [-0.3, -0.25) is 14.7 Å². The minimum atomic E-state index is -0.393. The standard InChI is InChI=1S/C10H10N2O3S/c1-14-9-2-3-11-6-8(9)12-4-5-16-10(12)15-7-13/h2-7,10H,1H3. The van der Waals surface area contributed by atoms with Crippen molar-refractivity contribution in [3.63, 3.8) is 0 Å². The fourth-order valence-electron chi connectivity index (χ4n) is 1.38. The third kappa shape index (κ3) is 1.96. The molecule has 0 N–H and O–H groups in total. The monoisotopic (exact) mass is 238 g/mol. The highest BCUT2D eigenvalue weighted by atomic mass is 32.2. The molecule has 5 nitrogen and oxygen atoms in total. The normalized spacial score (nSPS) is 18.6. The molecule has 84 valence electrons. The minimum absolute atomic E-state index is 0.393. The van der Waals surface area contributed by atoms with Crippen molar-refractivity contribution < 1.29 is 14.3 Å². The fourth-order valence-corrected chi connectivity index (χ4v) is 2.14. The molecule has 0 bridgehead atoms. The third-order valence-electron chi connectivity index (χ3n) is 2.07. The number of rotatable bonds is 4. The number of hydrogen-bond donors (Lipinski definition) is 0. The lowest BCUT2D eigenvalue weighted by Gasteiger charge is -2.23. The van der Waals surface area contributed by atoms with E-state index in [2.05, 4.69) is 4.98 Å². The predicted molar refractivity (Wildman–Crippen MR) is 60.9 cm³/mol. The summed E-state index contributed by atoms with van der Waals surface area (Å²) in [5, 5.41) is 1.85. The molecule has 0 saturated heterocycles. The molecule has 0 saturated carbocycles. The second kappa shape index (κ2) is 4.89. The number of anilines is 1. The summed E-state index contributed by atoms with van der Waals surface area (Å²) in [5.74, 6) is 0.682. The Morgan fingerprint density at radius 1 is 1.62 bits per heavy atom. The van der Waals surface area contributed by atoms with Crippen LogP contribution < -0.4 is 9.64 Å². The molecular weight excluding hydrogens is 228 g/mol. The second-order valence-corrected chi connectivity index (χ2v) is 3.86. The molecule has 1 aliphatic heterocycles. The first-order valence-corrected chi connectivity index (χ1v) is 5.48. The quantitative estimate of drug-likeness (QED) is 0.742. The van der Waals surface area contributed by atoms with Gasteiger partial charge in [-0.15, -0.1) is 0 Å². The molecule has 1 atom stereocenters. The first-order valence-electron chi connectivity index (χ1n) is 4.54. The van der Waals surface area contributed by atoms with Gasteiger partial charge in [-0.25, -0.2) is 0 Å². The Labute approximate surface area is 97.1 Å². The van der Waals surface area contributed by atoms with Crippen LogP contribution in [0.5, 0.6) is 5.75 Å². The Kier molecular flexibility index (Phi) is 3.31. The summed E-state index contributed by atoms with van der Waals surface area (Å²) in [6.45, 7) is 0.431. The second-order valence-electron chi connectivity index (χ2n) is 2.92. The zero-order valence-corrected chi connectivity index (χ0v) is 9.39. The van der Waals surface area contributed by atoms with E-state index in [9.17, 15) is 4.79 Å². The Bertz CT molecular complexity index is 411. The molecule has 1 aromatic heterocycles. The van der Waals surface area contributed by atoms with Gasteiger partial charge in [0.15, 0.2) is 0 Å². The third-order valence-corrected chi connectivity index (χ3v) is 2.92. The summed E-state index contributed by atoms with van der Waals surface area (Å²) in [4.78, 5) is 16.2. The van der Waals surface area contributed by atoms with Gasteiger partial charge in [-0.2, -0.15) is 0 Å². The van der Waals surface area contributed by atoms with Crippen molar-refractivity contribution in [2.24, 2.45) is 0 Å². The van der Waals surface area contributed by atoms with E-state index in [1.54, 1.807) is 30.5 Å². The Hall–Kier alpha value is -1.69. The zero-order valence-electron chi connectivity index (χ0n) is 8.57. The van der Waals surface area contributed by atoms with Gasteiger partial charge < -0.3 is 9.47 Å². The lowest BCUT2D eigenvalue weighted by Crippen LogP contribution is -2.26. The van der Waals surface area contributed by atoms with Gasteiger partial charge >= 0.3 is 0 Å². The summed E-state index contributed by atoms with van der Waals surface area (Å²) in [7, 11) is 1.58. The summed E-state index contributed by atoms with van der Waals surface area (Å²) < 4.78 is 10.1. The van der Waals surface area contributed by atoms with Crippen LogP contribution in [0.25, 0.3) is 0 Å². The number of hydrogen-bond acceptors (Lipinski definition) is 6. The van der Waals surface area contributed by atoms with Crippen molar-refractivity contribution in [3.05, 3.63) is 30.1 Å². The predicted octanol–water partition coefficient (Wildman–Crippen LogP) is 1.57. The largest absolute Gasteiger partial charge is 0.494 e. The average molecular weight is 238 g/mol. The lowest BCUT2D eigenvalue weighted by atomic mass is 10.3. The average Bonchev–Trinajstić information content (AvgIpc) is 2.77. The van der Waals surface area contributed by atoms with Gasteiger partial charge in [0.2, 0.25) is 5.56 Å². The van der Waals surface area contributed by atoms with E-state index in [0.717, 1.165) is 5.69 Å². The summed E-state index contributed by atoms with van der Waals surface area (Å²) in [6, 6.07) is 1.75. The molecule has 0 aliphatic carbocycles. The maximum absolute atomic E-state index is 10.4. The van der Waals surface area contributed by atoms with Gasteiger partial charge in [0.05, 0.1) is 13.3 Å². The summed E-state index contributed by atoms with van der Waals surface area (Å²) >= 11 is 1.40. The van der Waals surface area contributed by atoms with Crippen molar-refractivity contribution in [3.8, 4) is 5.75 Å². The van der Waals surface area contributed by atoms with Crippen molar-refractivity contribution in [1.82, 2.24) is 4.98 Å². The first-order chi connectivity index (χ1) is 7.86. The number of carbonyl (C=O) groups excluding carboxylic acids is 1. The van der Waals surface area contributed by atoms with E-state index < -0.39 is 5.56 Å². The van der Waals surface area contributed by atoms with Crippen LogP contribution in [0.1, 0.15) is 0 Å². The summed E-state index contributed by atoms with van der Waals surface area (Å²) in [6.07, 6.45) is 5.12. The van der Waals surface area contributed by atoms with Gasteiger partial charge in [0.1, 0.15) is 11.4 Å². The molecular formula is C10H10N2O3S. The van der Waals surface area contributed by atoms with Gasteiger partial charge in [-0.05, 0) is 5.41 Å². The van der Waals surface area contributed by atoms with Gasteiger partial charge in [0, 0.05) is 18.5 Å². The lowest BCUT2D eigenvalue weighted by molar-refractivity contribution is -0.129. The van der Waals surface area contributed by atoms with Crippen LogP contribution in [0.2, 0.25) is 0 Å². The van der Waals surface area contributed by atoms with Crippen molar-refractivity contribution in [1.29, 1.82) is 0 Å². The molecule has 0 radical (unpaired) electrons. The summed E-state index contributed by atoms with van der Waals surface area (Å²) in [5.41, 5.74) is 0.369. The molecule has 1 aliphatic rings. The van der Waals surface area contributed by atoms with Crippen LogP contribution in [-0.4, -0.2) is 24.1 Å². The highest BCUT2D eigenvalue weighted by Crippen LogP contribution is 2.35. The topological polar surface area (TPSA) is 51.7 Å². The first kappa shape index (κ1) is 10.8. The van der Waals surface area contributed by atoms with Crippen LogP contribution in [-0.2, 0) is 9.53 Å². The van der Waals surface area contributed by atoms with Crippen LogP contribution in [0.3, 0.4) is 0 Å². The number of ether oxygens (including phenoxy) is 2. The maximum atomic E-state index is 10.4. The smallest absolute Gasteiger partial charge is 0.295 e. The fraction of sp³-hybridized carbons (Fsp3) is 0.200. The molecule has 0 fully saturated rings. The number of thioether (sulfide) groups is 1. The number of pyridine rings is 1. The highest BCUT2D eigenvalue weighted by Gasteiger charge is 2.25. The van der Waals surface area contributed by atoms with Crippen LogP contribution in [0, 0.1) is 0 Å². The molecule has 0 amide bonds. The van der Waals surface area contributed by atoms with Crippen LogP contribution in [0.15, 0.2) is 30.1 Å². The van der Waals surface area contributed by atoms with Crippen LogP contribution >= 0.6 is 11.8 Å². The van der Waals surface area contributed by atoms with E-state index in [-0.39, 0.29) is 0 Å². The zero-order chi connectivity index (χ0) is 11.4. The molecule has 0 aromatic carbocycles. The molecule has 16 heavy (non-hydrogen) atoms. The SMILES string of the molecule is COc1ccncc1N1C=CSC1OC=O. The van der Waals surface area contributed by atoms with E-state index in [1.165, 1.54) is 11.8 Å². The molecule has 6 heteroatoms. The van der Waals surface area contributed by atoms with E-state index in [0.29, 0.717) is 12.2 Å². The van der Waals surface area contributed by atoms with E-state index in [1.807, 2.05) is 11.6 Å². The van der Waals surface area contributed by atoms with Crippen LogP contribution in [0.4, 0.5) is 5.69 Å². The van der Waals surface area contributed by atoms with E-state index in [4.69, 9.17) is 9.47 Å². The highest BCUT2D eigenvalue weighted by molar-refractivity contribution is 8.02. The molecule has 1 aromatic rings. The molecule has 0 spiro atoms. The number of nitrogens with zero attached hydrogens (tertiary/aromatic N) is 2. The number of methoxy groups -OCH3 is 1. The Balaban J connectivity index is 2.28. The maximum Gasteiger partial charge on any atom is 0.295 e. The van der Waals surface area contributed by atoms with Crippen molar-refractivity contribution >= 4 is 23.9 Å². The van der Waals surface area contributed by atoms with Crippen molar-refractivity contribution in [2.45, 2.75) is 5.56 Å². The minimum Gasteiger partial charge on any atom is -0.494 e. The Morgan fingerprint density at radius 3 is 3.25 bits per heavy atom. The number of carbonyl (C=O) groups is 1. The molecule has 2 heterocycles. The number of aromatic nitrogens is 1. The van der Waals surface area contributed by atoms with Gasteiger partial charge in [-0.1, -0.05) is 11.8 Å². The van der Waals surface area contributed by atoms with E-state index >= 15 is 0 Å². The van der Waals surface area contributed by atoms with Gasteiger partial charge in [0.25, 0.3) is 6.47 Å². The van der Waals surface area contributed by atoms with Crippen molar-refractivity contribution in [2.75, 3.05) is 12.0 Å². The molecule has 2 rings (SSSR count).